The highest BCUT2D eigenvalue weighted by Gasteiger charge is 2.22. The van der Waals surface area contributed by atoms with Crippen molar-refractivity contribution in [2.75, 3.05) is 29.9 Å². The second kappa shape index (κ2) is 6.60. The SMILES string of the molecule is CN(C(=O)c1cccnc1N1CCCCC1)c1ccccc1. The van der Waals surface area contributed by atoms with Gasteiger partial charge in [0.05, 0.1) is 5.56 Å². The van der Waals surface area contributed by atoms with E-state index in [1.807, 2.05) is 49.5 Å². The molecule has 3 rings (SSSR count). The normalized spacial score (nSPS) is 14.7. The van der Waals surface area contributed by atoms with Crippen molar-refractivity contribution in [1.29, 1.82) is 0 Å². The number of piperidine rings is 1. The summed E-state index contributed by atoms with van der Waals surface area (Å²) in [5.74, 6) is 0.801. The van der Waals surface area contributed by atoms with Crippen LogP contribution in [-0.2, 0) is 0 Å². The van der Waals surface area contributed by atoms with Crippen LogP contribution in [0.15, 0.2) is 48.7 Å². The Labute approximate surface area is 131 Å². The number of anilines is 2. The lowest BCUT2D eigenvalue weighted by Gasteiger charge is -2.29. The van der Waals surface area contributed by atoms with Crippen LogP contribution in [0.4, 0.5) is 11.5 Å². The average Bonchev–Trinajstić information content (AvgIpc) is 2.62. The Hall–Kier alpha value is -2.36. The van der Waals surface area contributed by atoms with Gasteiger partial charge >= 0.3 is 0 Å². The van der Waals surface area contributed by atoms with Crippen LogP contribution in [0.1, 0.15) is 29.6 Å². The Kier molecular flexibility index (Phi) is 4.37. The Morgan fingerprint density at radius 1 is 1.05 bits per heavy atom. The van der Waals surface area contributed by atoms with E-state index in [1.54, 1.807) is 11.1 Å². The number of rotatable bonds is 3. The Bertz CT molecular complexity index is 636. The van der Waals surface area contributed by atoms with E-state index in [9.17, 15) is 4.79 Å². The monoisotopic (exact) mass is 295 g/mol. The van der Waals surface area contributed by atoms with Crippen LogP contribution >= 0.6 is 0 Å². The van der Waals surface area contributed by atoms with E-state index in [0.717, 1.165) is 24.6 Å². The van der Waals surface area contributed by atoms with E-state index in [0.29, 0.717) is 5.56 Å². The van der Waals surface area contributed by atoms with E-state index in [4.69, 9.17) is 0 Å². The molecule has 0 spiro atoms. The molecule has 0 aliphatic carbocycles. The third kappa shape index (κ3) is 2.96. The number of carbonyl (C=O) groups is 1. The summed E-state index contributed by atoms with van der Waals surface area (Å²) >= 11 is 0. The van der Waals surface area contributed by atoms with Crippen molar-refractivity contribution in [1.82, 2.24) is 4.98 Å². The molecule has 1 fully saturated rings. The second-order valence-electron chi connectivity index (χ2n) is 5.62. The van der Waals surface area contributed by atoms with Crippen LogP contribution in [-0.4, -0.2) is 31.0 Å². The molecule has 1 saturated heterocycles. The van der Waals surface area contributed by atoms with Crippen molar-refractivity contribution >= 4 is 17.4 Å². The minimum atomic E-state index is -0.0140. The third-order valence-corrected chi connectivity index (χ3v) is 4.12. The van der Waals surface area contributed by atoms with Gasteiger partial charge in [0.2, 0.25) is 0 Å². The summed E-state index contributed by atoms with van der Waals surface area (Å²) < 4.78 is 0. The van der Waals surface area contributed by atoms with Crippen LogP contribution in [0.5, 0.6) is 0 Å². The highest BCUT2D eigenvalue weighted by Crippen LogP contribution is 2.24. The average molecular weight is 295 g/mol. The van der Waals surface area contributed by atoms with Gasteiger partial charge in [-0.2, -0.15) is 0 Å². The van der Waals surface area contributed by atoms with Crippen molar-refractivity contribution in [3.8, 4) is 0 Å². The number of carbonyl (C=O) groups excluding carboxylic acids is 1. The largest absolute Gasteiger partial charge is 0.356 e. The van der Waals surface area contributed by atoms with Crippen LogP contribution in [0.3, 0.4) is 0 Å². The Morgan fingerprint density at radius 2 is 1.77 bits per heavy atom. The summed E-state index contributed by atoms with van der Waals surface area (Å²) in [7, 11) is 1.81. The van der Waals surface area contributed by atoms with E-state index < -0.39 is 0 Å². The summed E-state index contributed by atoms with van der Waals surface area (Å²) in [5.41, 5.74) is 1.57. The lowest BCUT2D eigenvalue weighted by Crippen LogP contribution is -2.34. The van der Waals surface area contributed by atoms with Crippen molar-refractivity contribution in [3.05, 3.63) is 54.2 Å². The van der Waals surface area contributed by atoms with Gasteiger partial charge < -0.3 is 9.80 Å². The number of amides is 1. The van der Waals surface area contributed by atoms with Gasteiger partial charge in [0.25, 0.3) is 5.91 Å². The Morgan fingerprint density at radius 3 is 2.50 bits per heavy atom. The third-order valence-electron chi connectivity index (χ3n) is 4.12. The van der Waals surface area contributed by atoms with E-state index in [1.165, 1.54) is 19.3 Å². The number of benzene rings is 1. The molecule has 22 heavy (non-hydrogen) atoms. The molecule has 1 aromatic carbocycles. The molecule has 0 atom stereocenters. The fourth-order valence-electron chi connectivity index (χ4n) is 2.87. The van der Waals surface area contributed by atoms with E-state index in [-0.39, 0.29) is 5.91 Å². The lowest BCUT2D eigenvalue weighted by molar-refractivity contribution is 0.0993. The lowest BCUT2D eigenvalue weighted by atomic mass is 10.1. The highest BCUT2D eigenvalue weighted by atomic mass is 16.2. The molecule has 1 aromatic heterocycles. The fourth-order valence-corrected chi connectivity index (χ4v) is 2.87. The number of nitrogens with zero attached hydrogens (tertiary/aromatic N) is 3. The smallest absolute Gasteiger partial charge is 0.261 e. The first-order chi connectivity index (χ1) is 10.8. The summed E-state index contributed by atoms with van der Waals surface area (Å²) in [6.45, 7) is 1.96. The zero-order valence-electron chi connectivity index (χ0n) is 12.9. The minimum Gasteiger partial charge on any atom is -0.356 e. The van der Waals surface area contributed by atoms with Crippen molar-refractivity contribution < 1.29 is 4.79 Å². The maximum absolute atomic E-state index is 12.9. The topological polar surface area (TPSA) is 36.4 Å². The van der Waals surface area contributed by atoms with Gasteiger partial charge in [-0.25, -0.2) is 4.98 Å². The molecule has 1 aliphatic heterocycles. The number of pyridine rings is 1. The molecule has 0 bridgehead atoms. The molecule has 0 N–H and O–H groups in total. The number of hydrogen-bond acceptors (Lipinski definition) is 3. The first kappa shape index (κ1) is 14.6. The zero-order valence-corrected chi connectivity index (χ0v) is 12.9. The highest BCUT2D eigenvalue weighted by molar-refractivity contribution is 6.08. The van der Waals surface area contributed by atoms with Crippen LogP contribution in [0.25, 0.3) is 0 Å². The summed E-state index contributed by atoms with van der Waals surface area (Å²) in [4.78, 5) is 21.3. The van der Waals surface area contributed by atoms with Gasteiger partial charge in [0.1, 0.15) is 5.82 Å². The molecular weight excluding hydrogens is 274 g/mol. The van der Waals surface area contributed by atoms with Crippen LogP contribution < -0.4 is 9.80 Å². The van der Waals surface area contributed by atoms with Gasteiger partial charge in [-0.05, 0) is 43.5 Å². The minimum absolute atomic E-state index is 0.0140. The fraction of sp³-hybridized carbons (Fsp3) is 0.333. The zero-order chi connectivity index (χ0) is 15.4. The van der Waals surface area contributed by atoms with Gasteiger partial charge in [0.15, 0.2) is 0 Å². The molecule has 114 valence electrons. The summed E-state index contributed by atoms with van der Waals surface area (Å²) in [6.07, 6.45) is 5.36. The van der Waals surface area contributed by atoms with E-state index in [2.05, 4.69) is 9.88 Å². The van der Waals surface area contributed by atoms with Gasteiger partial charge in [-0.15, -0.1) is 0 Å². The molecule has 0 unspecified atom stereocenters. The Balaban J connectivity index is 1.89. The molecule has 1 amide bonds. The van der Waals surface area contributed by atoms with Gasteiger partial charge in [-0.3, -0.25) is 4.79 Å². The van der Waals surface area contributed by atoms with E-state index >= 15 is 0 Å². The summed E-state index contributed by atoms with van der Waals surface area (Å²) in [5, 5.41) is 0. The van der Waals surface area contributed by atoms with Crippen LogP contribution in [0.2, 0.25) is 0 Å². The predicted molar refractivity (Wildman–Crippen MR) is 89.5 cm³/mol. The molecule has 4 nitrogen and oxygen atoms in total. The molecule has 0 radical (unpaired) electrons. The molecule has 0 saturated carbocycles. The number of hydrogen-bond donors (Lipinski definition) is 0. The molecular formula is C18H21N3O. The second-order valence-corrected chi connectivity index (χ2v) is 5.62. The standard InChI is InChI=1S/C18H21N3O/c1-20(15-9-4-2-5-10-15)18(22)16-11-8-12-19-17(16)21-13-6-3-7-14-21/h2,4-5,8-12H,3,6-7,13-14H2,1H3. The van der Waals surface area contributed by atoms with Gasteiger partial charge in [0, 0.05) is 32.0 Å². The maximum atomic E-state index is 12.9. The quantitative estimate of drug-likeness (QED) is 0.871. The predicted octanol–water partition coefficient (Wildman–Crippen LogP) is 3.35. The number of aromatic nitrogens is 1. The first-order valence-corrected chi connectivity index (χ1v) is 7.80. The molecule has 4 heteroatoms. The first-order valence-electron chi connectivity index (χ1n) is 7.80. The molecule has 2 heterocycles. The van der Waals surface area contributed by atoms with Gasteiger partial charge in [-0.1, -0.05) is 18.2 Å². The van der Waals surface area contributed by atoms with Crippen molar-refractivity contribution in [2.24, 2.45) is 0 Å². The molecule has 2 aromatic rings. The molecule has 1 aliphatic rings. The van der Waals surface area contributed by atoms with Crippen LogP contribution in [0, 0.1) is 0 Å². The number of para-hydroxylation sites is 1. The van der Waals surface area contributed by atoms with Crippen molar-refractivity contribution in [3.63, 3.8) is 0 Å². The maximum Gasteiger partial charge on any atom is 0.261 e. The van der Waals surface area contributed by atoms with Crippen molar-refractivity contribution in [2.45, 2.75) is 19.3 Å². The summed E-state index contributed by atoms with van der Waals surface area (Å²) in [6, 6.07) is 13.4.